The summed E-state index contributed by atoms with van der Waals surface area (Å²) in [4.78, 5) is 13.4. The second-order valence-electron chi connectivity index (χ2n) is 4.23. The maximum absolute atomic E-state index is 11.1. The van der Waals surface area contributed by atoms with Crippen molar-refractivity contribution in [2.24, 2.45) is 0 Å². The molecular weight excluding hydrogens is 216 g/mol. The van der Waals surface area contributed by atoms with Gasteiger partial charge in [0.2, 0.25) is 0 Å². The van der Waals surface area contributed by atoms with Crippen molar-refractivity contribution in [3.63, 3.8) is 0 Å². The Kier molecular flexibility index (Phi) is 3.85. The quantitative estimate of drug-likeness (QED) is 0.851. The van der Waals surface area contributed by atoms with Gasteiger partial charge in [-0.25, -0.2) is 4.79 Å². The summed E-state index contributed by atoms with van der Waals surface area (Å²) in [6.45, 7) is 1.94. The minimum Gasteiger partial charge on any atom is -0.453 e. The Labute approximate surface area is 102 Å². The molecule has 1 heterocycles. The number of nitrogens with one attached hydrogen (secondary N) is 1. The van der Waals surface area contributed by atoms with E-state index in [0.29, 0.717) is 0 Å². The SMILES string of the molecule is COC(=O)NC1CCN(c2ccccc2)CC1. The third-order valence-electron chi connectivity index (χ3n) is 3.12. The molecule has 0 spiro atoms. The molecule has 0 unspecified atom stereocenters. The Morgan fingerprint density at radius 3 is 2.53 bits per heavy atom. The maximum atomic E-state index is 11.1. The van der Waals surface area contributed by atoms with Crippen LogP contribution in [0.5, 0.6) is 0 Å². The van der Waals surface area contributed by atoms with E-state index in [9.17, 15) is 4.79 Å². The van der Waals surface area contributed by atoms with E-state index in [0.717, 1.165) is 25.9 Å². The van der Waals surface area contributed by atoms with E-state index in [1.165, 1.54) is 12.8 Å². The number of benzene rings is 1. The van der Waals surface area contributed by atoms with Crippen LogP contribution in [0.15, 0.2) is 30.3 Å². The monoisotopic (exact) mass is 234 g/mol. The van der Waals surface area contributed by atoms with Crippen molar-refractivity contribution in [3.05, 3.63) is 30.3 Å². The van der Waals surface area contributed by atoms with Crippen LogP contribution in [0.25, 0.3) is 0 Å². The molecule has 17 heavy (non-hydrogen) atoms. The fourth-order valence-corrected chi connectivity index (χ4v) is 2.15. The van der Waals surface area contributed by atoms with Crippen molar-refractivity contribution in [2.75, 3.05) is 25.1 Å². The van der Waals surface area contributed by atoms with Gasteiger partial charge in [0.05, 0.1) is 7.11 Å². The van der Waals surface area contributed by atoms with Crippen LogP contribution < -0.4 is 10.2 Å². The molecular formula is C13H18N2O2. The molecule has 0 radical (unpaired) electrons. The van der Waals surface area contributed by atoms with Gasteiger partial charge >= 0.3 is 6.09 Å². The highest BCUT2D eigenvalue weighted by molar-refractivity contribution is 5.67. The number of piperidine rings is 1. The molecule has 0 aliphatic carbocycles. The summed E-state index contributed by atoms with van der Waals surface area (Å²) in [6, 6.07) is 10.6. The topological polar surface area (TPSA) is 41.6 Å². The number of nitrogens with zero attached hydrogens (tertiary/aromatic N) is 1. The van der Waals surface area contributed by atoms with Gasteiger partial charge in [-0.05, 0) is 25.0 Å². The first-order valence-electron chi connectivity index (χ1n) is 5.94. The number of anilines is 1. The highest BCUT2D eigenvalue weighted by Crippen LogP contribution is 2.19. The van der Waals surface area contributed by atoms with Crippen molar-refractivity contribution in [2.45, 2.75) is 18.9 Å². The second kappa shape index (κ2) is 5.57. The summed E-state index contributed by atoms with van der Waals surface area (Å²) in [5.41, 5.74) is 1.25. The molecule has 1 fully saturated rings. The summed E-state index contributed by atoms with van der Waals surface area (Å²) >= 11 is 0. The molecule has 0 atom stereocenters. The summed E-state index contributed by atoms with van der Waals surface area (Å²) in [5, 5.41) is 2.85. The lowest BCUT2D eigenvalue weighted by Crippen LogP contribution is -2.44. The normalized spacial score (nSPS) is 16.6. The first-order chi connectivity index (χ1) is 8.29. The highest BCUT2D eigenvalue weighted by atomic mass is 16.5. The fraction of sp³-hybridized carbons (Fsp3) is 0.462. The lowest BCUT2D eigenvalue weighted by Gasteiger charge is -2.33. The van der Waals surface area contributed by atoms with Gasteiger partial charge in [-0.2, -0.15) is 0 Å². The number of alkyl carbamates (subject to hydrolysis) is 1. The summed E-state index contributed by atoms with van der Waals surface area (Å²) in [7, 11) is 1.40. The van der Waals surface area contributed by atoms with Crippen LogP contribution >= 0.6 is 0 Å². The zero-order valence-electron chi connectivity index (χ0n) is 10.1. The zero-order chi connectivity index (χ0) is 12.1. The van der Waals surface area contributed by atoms with Crippen molar-refractivity contribution in [1.82, 2.24) is 5.32 Å². The molecule has 0 bridgehead atoms. The van der Waals surface area contributed by atoms with E-state index in [1.54, 1.807) is 0 Å². The van der Waals surface area contributed by atoms with Gasteiger partial charge in [-0.15, -0.1) is 0 Å². The third kappa shape index (κ3) is 3.12. The van der Waals surface area contributed by atoms with Crippen LogP contribution in [-0.2, 0) is 4.74 Å². The number of hydrogen-bond acceptors (Lipinski definition) is 3. The average Bonchev–Trinajstić information content (AvgIpc) is 2.40. The fourth-order valence-electron chi connectivity index (χ4n) is 2.15. The van der Waals surface area contributed by atoms with Crippen LogP contribution in [0, 0.1) is 0 Å². The molecule has 1 aromatic carbocycles. The van der Waals surface area contributed by atoms with E-state index in [1.807, 2.05) is 18.2 Å². The van der Waals surface area contributed by atoms with Gasteiger partial charge in [0.15, 0.2) is 0 Å². The Hall–Kier alpha value is -1.71. The zero-order valence-corrected chi connectivity index (χ0v) is 10.1. The maximum Gasteiger partial charge on any atom is 0.407 e. The first kappa shape index (κ1) is 11.8. The number of hydrogen-bond donors (Lipinski definition) is 1. The number of rotatable bonds is 2. The highest BCUT2D eigenvalue weighted by Gasteiger charge is 2.20. The van der Waals surface area contributed by atoms with Gasteiger partial charge in [0, 0.05) is 24.8 Å². The van der Waals surface area contributed by atoms with Crippen LogP contribution in [0.3, 0.4) is 0 Å². The van der Waals surface area contributed by atoms with Gasteiger partial charge < -0.3 is 15.0 Å². The molecule has 0 aromatic heterocycles. The van der Waals surface area contributed by atoms with Crippen molar-refractivity contribution in [3.8, 4) is 0 Å². The minimum atomic E-state index is -0.330. The number of carbonyl (C=O) groups excluding carboxylic acids is 1. The predicted octanol–water partition coefficient (Wildman–Crippen LogP) is 2.01. The molecule has 1 saturated heterocycles. The number of para-hydroxylation sites is 1. The Morgan fingerprint density at radius 1 is 1.29 bits per heavy atom. The molecule has 92 valence electrons. The molecule has 2 rings (SSSR count). The van der Waals surface area contributed by atoms with Gasteiger partial charge in [-0.1, -0.05) is 18.2 Å². The lowest BCUT2D eigenvalue weighted by atomic mass is 10.0. The molecule has 1 aliphatic heterocycles. The van der Waals surface area contributed by atoms with Gasteiger partial charge in [0.1, 0.15) is 0 Å². The predicted molar refractivity (Wildman–Crippen MR) is 67.2 cm³/mol. The molecule has 1 aromatic rings. The van der Waals surface area contributed by atoms with Crippen molar-refractivity contribution in [1.29, 1.82) is 0 Å². The number of amides is 1. The van der Waals surface area contributed by atoms with Crippen LogP contribution in [0.4, 0.5) is 10.5 Å². The summed E-state index contributed by atoms with van der Waals surface area (Å²) in [5.74, 6) is 0. The number of carbonyl (C=O) groups is 1. The van der Waals surface area contributed by atoms with Crippen LogP contribution in [0.1, 0.15) is 12.8 Å². The Morgan fingerprint density at radius 2 is 1.94 bits per heavy atom. The molecule has 1 N–H and O–H groups in total. The van der Waals surface area contributed by atoms with Crippen molar-refractivity contribution >= 4 is 11.8 Å². The second-order valence-corrected chi connectivity index (χ2v) is 4.23. The van der Waals surface area contributed by atoms with E-state index in [-0.39, 0.29) is 12.1 Å². The number of ether oxygens (including phenoxy) is 1. The van der Waals surface area contributed by atoms with Crippen LogP contribution in [0.2, 0.25) is 0 Å². The summed E-state index contributed by atoms with van der Waals surface area (Å²) < 4.78 is 4.60. The van der Waals surface area contributed by atoms with Gasteiger partial charge in [0.25, 0.3) is 0 Å². The van der Waals surface area contributed by atoms with E-state index in [4.69, 9.17) is 0 Å². The van der Waals surface area contributed by atoms with E-state index < -0.39 is 0 Å². The largest absolute Gasteiger partial charge is 0.453 e. The summed E-state index contributed by atoms with van der Waals surface area (Å²) in [6.07, 6.45) is 1.59. The first-order valence-corrected chi connectivity index (χ1v) is 5.94. The van der Waals surface area contributed by atoms with E-state index >= 15 is 0 Å². The molecule has 1 amide bonds. The minimum absolute atomic E-state index is 0.238. The Balaban J connectivity index is 1.84. The average molecular weight is 234 g/mol. The smallest absolute Gasteiger partial charge is 0.407 e. The van der Waals surface area contributed by atoms with Crippen molar-refractivity contribution < 1.29 is 9.53 Å². The van der Waals surface area contributed by atoms with Gasteiger partial charge in [-0.3, -0.25) is 0 Å². The third-order valence-corrected chi connectivity index (χ3v) is 3.12. The number of methoxy groups -OCH3 is 1. The Bertz CT molecular complexity index is 359. The molecule has 4 heteroatoms. The van der Waals surface area contributed by atoms with Crippen LogP contribution in [-0.4, -0.2) is 32.3 Å². The standard InChI is InChI=1S/C13H18N2O2/c1-17-13(16)14-11-7-9-15(10-8-11)12-5-3-2-4-6-12/h2-6,11H,7-10H2,1H3,(H,14,16). The molecule has 1 aliphatic rings. The van der Waals surface area contributed by atoms with E-state index in [2.05, 4.69) is 27.1 Å². The molecule has 4 nitrogen and oxygen atoms in total. The lowest BCUT2D eigenvalue weighted by molar-refractivity contribution is 0.164. The molecule has 0 saturated carbocycles.